The van der Waals surface area contributed by atoms with Gasteiger partial charge in [0.25, 0.3) is 0 Å². The summed E-state index contributed by atoms with van der Waals surface area (Å²) in [5, 5.41) is 4.22. The summed E-state index contributed by atoms with van der Waals surface area (Å²) in [6.45, 7) is 0. The van der Waals surface area contributed by atoms with Crippen molar-refractivity contribution in [2.24, 2.45) is 0 Å². The molecule has 0 saturated heterocycles. The number of benzene rings is 5. The molecule has 1 heteroatoms. The fourth-order valence-electron chi connectivity index (χ4n) is 5.01. The van der Waals surface area contributed by atoms with Crippen LogP contribution in [0.25, 0.3) is 11.1 Å². The second-order valence-electron chi connectivity index (χ2n) is 8.17. The lowest BCUT2D eigenvalue weighted by molar-refractivity contribution is 1.02. The van der Waals surface area contributed by atoms with E-state index in [1.54, 1.807) is 0 Å². The minimum Gasteiger partial charge on any atom is -0.0622 e. The van der Waals surface area contributed by atoms with Gasteiger partial charge in [0, 0.05) is 5.92 Å². The molecule has 0 saturated carbocycles. The summed E-state index contributed by atoms with van der Waals surface area (Å²) in [6, 6.07) is 48.9. The predicted molar refractivity (Wildman–Crippen MR) is 138 cm³/mol. The van der Waals surface area contributed by atoms with Crippen molar-refractivity contribution >= 4 is 23.8 Å². The molecule has 0 aliphatic heterocycles. The second-order valence-corrected chi connectivity index (χ2v) is 10.4. The average molecular weight is 426 g/mol. The van der Waals surface area contributed by atoms with Gasteiger partial charge in [0.15, 0.2) is 0 Å². The zero-order chi connectivity index (χ0) is 21.3. The molecule has 0 fully saturated rings. The van der Waals surface area contributed by atoms with Crippen molar-refractivity contribution in [1.82, 2.24) is 0 Å². The molecular formula is C31H23P. The SMILES string of the molecule is c1ccc(P(c2ccccc2)c2ccccc2C2c3ccccc3-c3ccccc32)cc1. The van der Waals surface area contributed by atoms with Crippen molar-refractivity contribution in [3.63, 3.8) is 0 Å². The third-order valence-corrected chi connectivity index (χ3v) is 8.87. The van der Waals surface area contributed by atoms with Gasteiger partial charge in [-0.15, -0.1) is 0 Å². The molecule has 6 rings (SSSR count). The van der Waals surface area contributed by atoms with E-state index in [1.807, 2.05) is 0 Å². The maximum absolute atomic E-state index is 2.35. The first-order valence-electron chi connectivity index (χ1n) is 11.1. The van der Waals surface area contributed by atoms with Crippen LogP contribution >= 0.6 is 7.92 Å². The van der Waals surface area contributed by atoms with Gasteiger partial charge in [-0.05, 0) is 51.7 Å². The smallest absolute Gasteiger partial charge is 0.0358 e. The molecule has 0 spiro atoms. The van der Waals surface area contributed by atoms with Crippen LogP contribution in [0.5, 0.6) is 0 Å². The molecule has 0 radical (unpaired) electrons. The van der Waals surface area contributed by atoms with Gasteiger partial charge in [-0.2, -0.15) is 0 Å². The van der Waals surface area contributed by atoms with Crippen LogP contribution in [-0.2, 0) is 0 Å². The average Bonchev–Trinajstić information content (AvgIpc) is 3.20. The van der Waals surface area contributed by atoms with Gasteiger partial charge in [-0.3, -0.25) is 0 Å². The lowest BCUT2D eigenvalue weighted by Gasteiger charge is -2.25. The molecule has 0 N–H and O–H groups in total. The minimum absolute atomic E-state index is 0.260. The van der Waals surface area contributed by atoms with Crippen LogP contribution in [0.3, 0.4) is 0 Å². The predicted octanol–water partition coefficient (Wildman–Crippen LogP) is 6.61. The zero-order valence-electron chi connectivity index (χ0n) is 17.7. The first kappa shape index (κ1) is 19.2. The van der Waals surface area contributed by atoms with Crippen molar-refractivity contribution in [3.8, 4) is 11.1 Å². The van der Waals surface area contributed by atoms with Crippen LogP contribution in [0.2, 0.25) is 0 Å². The molecule has 0 amide bonds. The van der Waals surface area contributed by atoms with Gasteiger partial charge in [0.2, 0.25) is 0 Å². The maximum atomic E-state index is 2.35. The van der Waals surface area contributed by atoms with Crippen molar-refractivity contribution < 1.29 is 0 Å². The monoisotopic (exact) mass is 426 g/mol. The highest BCUT2D eigenvalue weighted by Gasteiger charge is 2.32. The summed E-state index contributed by atoms with van der Waals surface area (Å²) >= 11 is 0. The maximum Gasteiger partial charge on any atom is 0.0358 e. The molecule has 1 aliphatic carbocycles. The lowest BCUT2D eigenvalue weighted by Crippen LogP contribution is -2.24. The first-order valence-corrected chi connectivity index (χ1v) is 12.4. The number of hydrogen-bond donors (Lipinski definition) is 0. The van der Waals surface area contributed by atoms with Gasteiger partial charge in [0.1, 0.15) is 0 Å². The van der Waals surface area contributed by atoms with E-state index in [1.165, 1.54) is 43.7 Å². The van der Waals surface area contributed by atoms with Crippen LogP contribution < -0.4 is 15.9 Å². The van der Waals surface area contributed by atoms with E-state index < -0.39 is 7.92 Å². The third-order valence-electron chi connectivity index (χ3n) is 6.35. The topological polar surface area (TPSA) is 0 Å². The van der Waals surface area contributed by atoms with Gasteiger partial charge in [-0.25, -0.2) is 0 Å². The molecule has 0 aromatic heterocycles. The van der Waals surface area contributed by atoms with E-state index in [0.717, 1.165) is 0 Å². The molecule has 0 heterocycles. The summed E-state index contributed by atoms with van der Waals surface area (Å²) < 4.78 is 0. The summed E-state index contributed by atoms with van der Waals surface area (Å²) in [5.41, 5.74) is 6.98. The number of rotatable bonds is 4. The van der Waals surface area contributed by atoms with Crippen molar-refractivity contribution in [2.75, 3.05) is 0 Å². The fraction of sp³-hybridized carbons (Fsp3) is 0.0323. The van der Waals surface area contributed by atoms with Crippen LogP contribution in [0.1, 0.15) is 22.6 Å². The Morgan fingerprint density at radius 3 is 1.31 bits per heavy atom. The second kappa shape index (κ2) is 8.23. The standard InChI is InChI=1S/C31H23P/c1-3-13-23(14-4-1)32(24-15-5-2-6-16-24)30-22-12-11-21-29(30)31-27-19-9-7-17-25(27)26-18-8-10-20-28(26)31/h1-22,31H. The highest BCUT2D eigenvalue weighted by molar-refractivity contribution is 7.79. The van der Waals surface area contributed by atoms with E-state index in [9.17, 15) is 0 Å². The van der Waals surface area contributed by atoms with Crippen molar-refractivity contribution in [3.05, 3.63) is 150 Å². The molecule has 0 atom stereocenters. The number of fused-ring (bicyclic) bond motifs is 3. The van der Waals surface area contributed by atoms with Crippen LogP contribution in [-0.4, -0.2) is 0 Å². The fourth-order valence-corrected chi connectivity index (χ4v) is 7.50. The Kier molecular flexibility index (Phi) is 4.94. The largest absolute Gasteiger partial charge is 0.0622 e. The van der Waals surface area contributed by atoms with Crippen LogP contribution in [0, 0.1) is 0 Å². The third kappa shape index (κ3) is 3.20. The van der Waals surface area contributed by atoms with Gasteiger partial charge in [-0.1, -0.05) is 133 Å². The molecule has 5 aromatic rings. The summed E-state index contributed by atoms with van der Waals surface area (Å²) in [6.07, 6.45) is 0. The Morgan fingerprint density at radius 1 is 0.375 bits per heavy atom. The molecule has 32 heavy (non-hydrogen) atoms. The van der Waals surface area contributed by atoms with Gasteiger partial charge >= 0.3 is 0 Å². The van der Waals surface area contributed by atoms with Crippen LogP contribution in [0.15, 0.2) is 133 Å². The van der Waals surface area contributed by atoms with Crippen molar-refractivity contribution in [1.29, 1.82) is 0 Å². The molecular weight excluding hydrogens is 403 g/mol. The summed E-state index contributed by atoms with van der Waals surface area (Å²) in [4.78, 5) is 0. The Hall–Kier alpha value is -3.47. The van der Waals surface area contributed by atoms with Crippen molar-refractivity contribution in [2.45, 2.75) is 5.92 Å². The quantitative estimate of drug-likeness (QED) is 0.278. The molecule has 5 aromatic carbocycles. The molecule has 0 bridgehead atoms. The van der Waals surface area contributed by atoms with E-state index in [2.05, 4.69) is 133 Å². The molecule has 0 unspecified atom stereocenters. The molecule has 152 valence electrons. The Bertz CT molecular complexity index is 1270. The van der Waals surface area contributed by atoms with Gasteiger partial charge in [0.05, 0.1) is 0 Å². The normalized spacial score (nSPS) is 12.5. The lowest BCUT2D eigenvalue weighted by atomic mass is 9.89. The minimum atomic E-state index is -0.661. The Labute approximate surface area is 191 Å². The number of hydrogen-bond acceptors (Lipinski definition) is 0. The molecule has 1 aliphatic rings. The Morgan fingerprint density at radius 2 is 0.781 bits per heavy atom. The van der Waals surface area contributed by atoms with E-state index >= 15 is 0 Å². The highest BCUT2D eigenvalue weighted by atomic mass is 31.1. The van der Waals surface area contributed by atoms with Crippen LogP contribution in [0.4, 0.5) is 0 Å². The highest BCUT2D eigenvalue weighted by Crippen LogP contribution is 2.49. The first-order chi connectivity index (χ1) is 15.9. The zero-order valence-corrected chi connectivity index (χ0v) is 18.6. The summed E-state index contributed by atoms with van der Waals surface area (Å²) in [7, 11) is -0.661. The van der Waals surface area contributed by atoms with E-state index in [0.29, 0.717) is 0 Å². The van der Waals surface area contributed by atoms with E-state index in [4.69, 9.17) is 0 Å². The summed E-state index contributed by atoms with van der Waals surface area (Å²) in [5.74, 6) is 0.260. The van der Waals surface area contributed by atoms with Gasteiger partial charge < -0.3 is 0 Å². The Balaban J connectivity index is 1.60. The van der Waals surface area contributed by atoms with E-state index in [-0.39, 0.29) is 5.92 Å². The molecule has 0 nitrogen and oxygen atoms in total.